The average Bonchev–Trinajstić information content (AvgIpc) is 3.18. The number of halogens is 1. The second-order valence-electron chi connectivity index (χ2n) is 9.24. The van der Waals surface area contributed by atoms with Gasteiger partial charge in [-0.25, -0.2) is 0 Å². The molecule has 1 aromatic carbocycles. The molecular weight excluding hydrogens is 424 g/mol. The number of carbonyl (C=O) groups excluding carboxylic acids is 1. The molecule has 2 aliphatic rings. The second kappa shape index (κ2) is 9.34. The summed E-state index contributed by atoms with van der Waals surface area (Å²) in [5.41, 5.74) is 2.00. The van der Waals surface area contributed by atoms with Crippen LogP contribution in [0.5, 0.6) is 0 Å². The first-order valence-electron chi connectivity index (χ1n) is 11.6. The van der Waals surface area contributed by atoms with E-state index in [1.807, 2.05) is 6.07 Å². The summed E-state index contributed by atoms with van der Waals surface area (Å²) in [6, 6.07) is 7.80. The van der Waals surface area contributed by atoms with Crippen molar-refractivity contribution in [3.8, 4) is 0 Å². The van der Waals surface area contributed by atoms with E-state index in [1.165, 1.54) is 57.9 Å². The first-order chi connectivity index (χ1) is 14.1. The number of nitrogens with zero attached hydrogens (tertiary/aromatic N) is 2. The van der Waals surface area contributed by atoms with Crippen LogP contribution in [0.2, 0.25) is 0 Å². The third-order valence-corrected chi connectivity index (χ3v) is 7.88. The van der Waals surface area contributed by atoms with Crippen LogP contribution in [0.3, 0.4) is 0 Å². The monoisotopic (exact) mass is 458 g/mol. The van der Waals surface area contributed by atoms with E-state index in [4.69, 9.17) is 0 Å². The highest BCUT2D eigenvalue weighted by Gasteiger charge is 2.39. The number of unbranched alkanes of at least 4 members (excludes halogenated alkanes) is 2. The smallest absolute Gasteiger partial charge is 0.161 e. The molecule has 2 aliphatic heterocycles. The Kier molecular flexibility index (Phi) is 6.80. The number of ketones is 1. The van der Waals surface area contributed by atoms with Crippen molar-refractivity contribution in [2.45, 2.75) is 90.3 Å². The Balaban J connectivity index is 1.37. The summed E-state index contributed by atoms with van der Waals surface area (Å²) in [5.74, 6) is 1.12. The van der Waals surface area contributed by atoms with Crippen molar-refractivity contribution in [3.63, 3.8) is 0 Å². The standard InChI is InChI=1S/C25H35BrN2O/c1-3-4-5-8-19-15-20-11-12-21(16-19)28(20)14-7-13-27-17-23(18(2)29)22-9-6-10-24(26)25(22)27/h6,9-10,17,19-21H,3-5,7-8,11-16H2,1-2H3/t19?,20-,21+. The van der Waals surface area contributed by atoms with Crippen LogP contribution in [0.25, 0.3) is 10.9 Å². The van der Waals surface area contributed by atoms with Gasteiger partial charge in [0, 0.05) is 46.8 Å². The predicted octanol–water partition coefficient (Wildman–Crippen LogP) is 6.82. The van der Waals surface area contributed by atoms with Crippen LogP contribution in [0, 0.1) is 5.92 Å². The maximum absolute atomic E-state index is 12.1. The molecule has 0 spiro atoms. The van der Waals surface area contributed by atoms with E-state index in [9.17, 15) is 4.79 Å². The summed E-state index contributed by atoms with van der Waals surface area (Å²) in [4.78, 5) is 14.9. The second-order valence-corrected chi connectivity index (χ2v) is 10.1. The lowest BCUT2D eigenvalue weighted by Gasteiger charge is -2.39. The van der Waals surface area contributed by atoms with Gasteiger partial charge in [0.15, 0.2) is 5.78 Å². The van der Waals surface area contributed by atoms with Crippen molar-refractivity contribution >= 4 is 32.6 Å². The Bertz CT molecular complexity index is 844. The molecule has 3 heterocycles. The number of para-hydroxylation sites is 1. The summed E-state index contributed by atoms with van der Waals surface area (Å²) in [5, 5.41) is 1.07. The van der Waals surface area contributed by atoms with E-state index in [2.05, 4.69) is 50.7 Å². The summed E-state index contributed by atoms with van der Waals surface area (Å²) in [6.45, 7) is 6.14. The maximum Gasteiger partial charge on any atom is 0.161 e. The number of aromatic nitrogens is 1. The molecule has 1 unspecified atom stereocenters. The van der Waals surface area contributed by atoms with Crippen LogP contribution in [-0.4, -0.2) is 33.9 Å². The van der Waals surface area contributed by atoms with Crippen LogP contribution in [0.15, 0.2) is 28.9 Å². The van der Waals surface area contributed by atoms with Crippen LogP contribution < -0.4 is 0 Å². The molecule has 2 fully saturated rings. The normalized spacial score (nSPS) is 24.4. The lowest BCUT2D eigenvalue weighted by molar-refractivity contribution is 0.0966. The third kappa shape index (κ3) is 4.49. The number of hydrogen-bond donors (Lipinski definition) is 0. The fourth-order valence-electron chi connectivity index (χ4n) is 5.87. The number of carbonyl (C=O) groups is 1. The van der Waals surface area contributed by atoms with Gasteiger partial charge in [-0.2, -0.15) is 0 Å². The Hall–Kier alpha value is -1.13. The zero-order valence-corrected chi connectivity index (χ0v) is 19.6. The Morgan fingerprint density at radius 3 is 2.55 bits per heavy atom. The van der Waals surface area contributed by atoms with Gasteiger partial charge in [-0.15, -0.1) is 0 Å². The molecule has 2 bridgehead atoms. The lowest BCUT2D eigenvalue weighted by atomic mass is 9.86. The Morgan fingerprint density at radius 2 is 1.86 bits per heavy atom. The highest BCUT2D eigenvalue weighted by Crippen LogP contribution is 2.40. The van der Waals surface area contributed by atoms with Crippen molar-refractivity contribution in [1.82, 2.24) is 9.47 Å². The van der Waals surface area contributed by atoms with E-state index in [1.54, 1.807) is 6.92 Å². The third-order valence-electron chi connectivity index (χ3n) is 7.24. The first-order valence-corrected chi connectivity index (χ1v) is 12.4. The summed E-state index contributed by atoms with van der Waals surface area (Å²) in [6.07, 6.45) is 14.5. The van der Waals surface area contributed by atoms with Crippen molar-refractivity contribution in [3.05, 3.63) is 34.4 Å². The van der Waals surface area contributed by atoms with Crippen molar-refractivity contribution in [2.24, 2.45) is 5.92 Å². The van der Waals surface area contributed by atoms with Crippen molar-refractivity contribution < 1.29 is 4.79 Å². The number of Topliss-reactive ketones (excluding diaryl/α,β-unsaturated/α-hetero) is 1. The van der Waals surface area contributed by atoms with Gasteiger partial charge in [0.05, 0.1) is 5.52 Å². The van der Waals surface area contributed by atoms with Gasteiger partial charge in [0.25, 0.3) is 0 Å². The van der Waals surface area contributed by atoms with E-state index >= 15 is 0 Å². The van der Waals surface area contributed by atoms with Crippen molar-refractivity contribution in [1.29, 1.82) is 0 Å². The number of aryl methyl sites for hydroxylation is 1. The largest absolute Gasteiger partial charge is 0.346 e. The fourth-order valence-corrected chi connectivity index (χ4v) is 6.46. The molecule has 4 rings (SSSR count). The van der Waals surface area contributed by atoms with Gasteiger partial charge in [0.2, 0.25) is 0 Å². The van der Waals surface area contributed by atoms with E-state index < -0.39 is 0 Å². The molecule has 2 aromatic rings. The molecule has 2 saturated heterocycles. The Labute approximate surface area is 184 Å². The maximum atomic E-state index is 12.1. The molecule has 0 aliphatic carbocycles. The summed E-state index contributed by atoms with van der Waals surface area (Å²) >= 11 is 3.70. The quantitative estimate of drug-likeness (QED) is 0.304. The molecule has 0 N–H and O–H groups in total. The van der Waals surface area contributed by atoms with Gasteiger partial charge in [-0.3, -0.25) is 9.69 Å². The number of rotatable bonds is 9. The number of benzene rings is 1. The number of hydrogen-bond acceptors (Lipinski definition) is 2. The van der Waals surface area contributed by atoms with Crippen LogP contribution in [-0.2, 0) is 6.54 Å². The number of fused-ring (bicyclic) bond motifs is 3. The SMILES string of the molecule is CCCCCC1C[C@H]2CC[C@@H](C1)N2CCCn1cc(C(C)=O)c2cccc(Br)c21. The zero-order valence-electron chi connectivity index (χ0n) is 18.0. The molecule has 0 radical (unpaired) electrons. The minimum absolute atomic E-state index is 0.148. The van der Waals surface area contributed by atoms with Gasteiger partial charge >= 0.3 is 0 Å². The molecule has 3 atom stereocenters. The fraction of sp³-hybridized carbons (Fsp3) is 0.640. The summed E-state index contributed by atoms with van der Waals surface area (Å²) in [7, 11) is 0. The molecule has 0 saturated carbocycles. The van der Waals surface area contributed by atoms with Gasteiger partial charge in [0.1, 0.15) is 0 Å². The van der Waals surface area contributed by atoms with Crippen LogP contribution in [0.1, 0.15) is 82.0 Å². The van der Waals surface area contributed by atoms with Gasteiger partial charge < -0.3 is 4.57 Å². The van der Waals surface area contributed by atoms with Gasteiger partial charge in [-0.1, -0.05) is 44.7 Å². The molecule has 4 heteroatoms. The minimum Gasteiger partial charge on any atom is -0.346 e. The zero-order chi connectivity index (χ0) is 20.4. The molecule has 1 aromatic heterocycles. The van der Waals surface area contributed by atoms with Crippen molar-refractivity contribution in [2.75, 3.05) is 6.54 Å². The van der Waals surface area contributed by atoms with E-state index in [0.717, 1.165) is 51.9 Å². The van der Waals surface area contributed by atoms with Crippen LogP contribution >= 0.6 is 15.9 Å². The molecule has 0 amide bonds. The molecule has 3 nitrogen and oxygen atoms in total. The average molecular weight is 459 g/mol. The summed E-state index contributed by atoms with van der Waals surface area (Å²) < 4.78 is 3.37. The van der Waals surface area contributed by atoms with E-state index in [0.29, 0.717) is 0 Å². The highest BCUT2D eigenvalue weighted by molar-refractivity contribution is 9.10. The Morgan fingerprint density at radius 1 is 1.10 bits per heavy atom. The minimum atomic E-state index is 0.148. The lowest BCUT2D eigenvalue weighted by Crippen LogP contribution is -2.43. The topological polar surface area (TPSA) is 25.2 Å². The highest BCUT2D eigenvalue weighted by atomic mass is 79.9. The van der Waals surface area contributed by atoms with Gasteiger partial charge in [-0.05, 0) is 66.9 Å². The molecule has 29 heavy (non-hydrogen) atoms. The first kappa shape index (κ1) is 21.1. The molecule has 158 valence electrons. The van der Waals surface area contributed by atoms with E-state index in [-0.39, 0.29) is 5.78 Å². The molecular formula is C25H35BrN2O. The van der Waals surface area contributed by atoms with Crippen LogP contribution in [0.4, 0.5) is 0 Å². The number of piperidine rings is 1. The predicted molar refractivity (Wildman–Crippen MR) is 125 cm³/mol.